The summed E-state index contributed by atoms with van der Waals surface area (Å²) in [5.41, 5.74) is 1.86. The first kappa shape index (κ1) is 19.9. The van der Waals surface area contributed by atoms with Crippen LogP contribution in [-0.2, 0) is 20.7 Å². The summed E-state index contributed by atoms with van der Waals surface area (Å²) in [7, 11) is 0. The van der Waals surface area contributed by atoms with Crippen molar-refractivity contribution in [3.8, 4) is 5.75 Å². The predicted octanol–water partition coefficient (Wildman–Crippen LogP) is 2.80. The Bertz CT molecular complexity index is 965. The number of carbonyl (C=O) groups excluding carboxylic acids is 1. The largest absolute Gasteiger partial charge is 0.480 e. The van der Waals surface area contributed by atoms with E-state index in [2.05, 4.69) is 0 Å². The SMILES string of the molecule is CCc1cc(=O)oc2cc(C)cc(OC(C)C(=O)N3CCC4(CC3)OCCO4)c12. The summed E-state index contributed by atoms with van der Waals surface area (Å²) in [6.45, 7) is 8.03. The monoisotopic (exact) mass is 401 g/mol. The molecule has 2 fully saturated rings. The highest BCUT2D eigenvalue weighted by atomic mass is 16.7. The van der Waals surface area contributed by atoms with Gasteiger partial charge in [-0.2, -0.15) is 0 Å². The lowest BCUT2D eigenvalue weighted by Gasteiger charge is -2.38. The van der Waals surface area contributed by atoms with Gasteiger partial charge in [0.25, 0.3) is 5.91 Å². The first-order chi connectivity index (χ1) is 13.9. The molecule has 1 aromatic carbocycles. The summed E-state index contributed by atoms with van der Waals surface area (Å²) in [5.74, 6) is -0.0124. The van der Waals surface area contributed by atoms with E-state index in [4.69, 9.17) is 18.6 Å². The van der Waals surface area contributed by atoms with Crippen molar-refractivity contribution in [3.63, 3.8) is 0 Å². The lowest BCUT2D eigenvalue weighted by molar-refractivity contribution is -0.188. The number of aryl methyl sites for hydroxylation is 2. The Morgan fingerprint density at radius 1 is 1.21 bits per heavy atom. The zero-order valence-electron chi connectivity index (χ0n) is 17.2. The van der Waals surface area contributed by atoms with Crippen molar-refractivity contribution in [1.82, 2.24) is 4.90 Å². The van der Waals surface area contributed by atoms with Gasteiger partial charge in [-0.05, 0) is 43.5 Å². The lowest BCUT2D eigenvalue weighted by Crippen LogP contribution is -2.50. The highest BCUT2D eigenvalue weighted by Gasteiger charge is 2.41. The van der Waals surface area contributed by atoms with E-state index in [0.717, 1.165) is 16.5 Å². The third-order valence-corrected chi connectivity index (χ3v) is 5.72. The van der Waals surface area contributed by atoms with Gasteiger partial charge in [0.1, 0.15) is 11.3 Å². The fourth-order valence-corrected chi connectivity index (χ4v) is 4.19. The van der Waals surface area contributed by atoms with Gasteiger partial charge in [0.2, 0.25) is 0 Å². The number of carbonyl (C=O) groups is 1. The van der Waals surface area contributed by atoms with Gasteiger partial charge in [0.05, 0.1) is 18.6 Å². The van der Waals surface area contributed by atoms with Gasteiger partial charge in [-0.3, -0.25) is 4.79 Å². The molecule has 0 aliphatic carbocycles. The number of ether oxygens (including phenoxy) is 3. The molecule has 2 aromatic rings. The van der Waals surface area contributed by atoms with Gasteiger partial charge in [-0.25, -0.2) is 4.79 Å². The molecule has 1 unspecified atom stereocenters. The van der Waals surface area contributed by atoms with E-state index in [-0.39, 0.29) is 11.5 Å². The Balaban J connectivity index is 1.53. The molecule has 0 saturated carbocycles. The summed E-state index contributed by atoms with van der Waals surface area (Å²) >= 11 is 0. The number of hydrogen-bond acceptors (Lipinski definition) is 6. The van der Waals surface area contributed by atoms with Crippen molar-refractivity contribution in [1.29, 1.82) is 0 Å². The van der Waals surface area contributed by atoms with Gasteiger partial charge in [0, 0.05) is 32.0 Å². The van der Waals surface area contributed by atoms with Crippen molar-refractivity contribution in [3.05, 3.63) is 39.7 Å². The van der Waals surface area contributed by atoms with E-state index in [1.807, 2.05) is 26.0 Å². The normalized spacial score (nSPS) is 19.6. The first-order valence-electron chi connectivity index (χ1n) is 10.2. The van der Waals surface area contributed by atoms with Crippen LogP contribution < -0.4 is 10.4 Å². The second-order valence-electron chi connectivity index (χ2n) is 7.77. The quantitative estimate of drug-likeness (QED) is 0.733. The Labute approximate surface area is 169 Å². The maximum absolute atomic E-state index is 13.0. The molecular weight excluding hydrogens is 374 g/mol. The molecule has 1 aromatic heterocycles. The number of likely N-dealkylation sites (tertiary alicyclic amines) is 1. The second-order valence-corrected chi connectivity index (χ2v) is 7.77. The van der Waals surface area contributed by atoms with Gasteiger partial charge in [-0.1, -0.05) is 6.92 Å². The van der Waals surface area contributed by atoms with E-state index in [1.165, 1.54) is 6.07 Å². The summed E-state index contributed by atoms with van der Waals surface area (Å²) in [6, 6.07) is 5.19. The maximum atomic E-state index is 13.0. The summed E-state index contributed by atoms with van der Waals surface area (Å²) in [4.78, 5) is 26.6. The summed E-state index contributed by atoms with van der Waals surface area (Å²) in [6.07, 6.45) is 1.35. The highest BCUT2D eigenvalue weighted by Crippen LogP contribution is 2.33. The minimum absolute atomic E-state index is 0.0667. The number of benzene rings is 1. The molecule has 2 aliphatic rings. The van der Waals surface area contributed by atoms with Crippen LogP contribution in [0.3, 0.4) is 0 Å². The average molecular weight is 401 g/mol. The summed E-state index contributed by atoms with van der Waals surface area (Å²) in [5, 5.41) is 0.753. The number of amides is 1. The molecule has 0 N–H and O–H groups in total. The molecule has 0 bridgehead atoms. The minimum Gasteiger partial charge on any atom is -0.480 e. The molecule has 1 spiro atoms. The molecule has 3 heterocycles. The number of piperidine rings is 1. The van der Waals surface area contributed by atoms with Crippen molar-refractivity contribution < 1.29 is 23.4 Å². The fourth-order valence-electron chi connectivity index (χ4n) is 4.19. The number of fused-ring (bicyclic) bond motifs is 1. The third kappa shape index (κ3) is 3.89. The van der Waals surface area contributed by atoms with Crippen LogP contribution >= 0.6 is 0 Å². The standard InChI is InChI=1S/C22H27NO6/c1-4-16-13-19(24)29-18-12-14(2)11-17(20(16)18)28-15(3)21(25)23-7-5-22(6-8-23)26-9-10-27-22/h11-13,15H,4-10H2,1-3H3. The van der Waals surface area contributed by atoms with Gasteiger partial charge >= 0.3 is 5.63 Å². The van der Waals surface area contributed by atoms with Crippen molar-refractivity contribution in [2.24, 2.45) is 0 Å². The minimum atomic E-state index is -0.656. The molecule has 7 heteroatoms. The van der Waals surface area contributed by atoms with Crippen LogP contribution in [0.5, 0.6) is 5.75 Å². The molecule has 1 atom stereocenters. The van der Waals surface area contributed by atoms with E-state index in [9.17, 15) is 9.59 Å². The van der Waals surface area contributed by atoms with Crippen LogP contribution in [0.2, 0.25) is 0 Å². The van der Waals surface area contributed by atoms with Crippen LogP contribution in [-0.4, -0.2) is 49.0 Å². The summed E-state index contributed by atoms with van der Waals surface area (Å²) < 4.78 is 23.0. The highest BCUT2D eigenvalue weighted by molar-refractivity contribution is 5.88. The van der Waals surface area contributed by atoms with E-state index < -0.39 is 11.9 Å². The van der Waals surface area contributed by atoms with Crippen LogP contribution in [0.1, 0.15) is 37.8 Å². The molecule has 29 heavy (non-hydrogen) atoms. The fraction of sp³-hybridized carbons (Fsp3) is 0.545. The van der Waals surface area contributed by atoms with Crippen LogP contribution in [0.25, 0.3) is 11.0 Å². The molecule has 156 valence electrons. The molecule has 4 rings (SSSR count). The Hall–Kier alpha value is -2.38. The Kier molecular flexibility index (Phi) is 5.36. The molecule has 1 amide bonds. The van der Waals surface area contributed by atoms with E-state index >= 15 is 0 Å². The average Bonchev–Trinajstić information content (AvgIpc) is 3.14. The van der Waals surface area contributed by atoms with Crippen LogP contribution in [0.15, 0.2) is 27.4 Å². The number of rotatable bonds is 4. The molecule has 0 radical (unpaired) electrons. The van der Waals surface area contributed by atoms with Gasteiger partial charge < -0.3 is 23.5 Å². The molecule has 2 saturated heterocycles. The number of hydrogen-bond donors (Lipinski definition) is 0. The zero-order chi connectivity index (χ0) is 20.6. The molecular formula is C22H27NO6. The van der Waals surface area contributed by atoms with Gasteiger partial charge in [-0.15, -0.1) is 0 Å². The van der Waals surface area contributed by atoms with Crippen molar-refractivity contribution in [2.45, 2.75) is 51.9 Å². The van der Waals surface area contributed by atoms with Gasteiger partial charge in [0.15, 0.2) is 11.9 Å². The zero-order valence-corrected chi connectivity index (χ0v) is 17.2. The van der Waals surface area contributed by atoms with Crippen LogP contribution in [0, 0.1) is 6.92 Å². The van der Waals surface area contributed by atoms with Crippen molar-refractivity contribution >= 4 is 16.9 Å². The van der Waals surface area contributed by atoms with E-state index in [1.54, 1.807) is 11.8 Å². The molecule has 2 aliphatic heterocycles. The lowest BCUT2D eigenvalue weighted by atomic mass is 10.0. The topological polar surface area (TPSA) is 78.2 Å². The third-order valence-electron chi connectivity index (χ3n) is 5.72. The maximum Gasteiger partial charge on any atom is 0.336 e. The number of nitrogens with zero attached hydrogens (tertiary/aromatic N) is 1. The molecule has 7 nitrogen and oxygen atoms in total. The second kappa shape index (κ2) is 7.80. The van der Waals surface area contributed by atoms with Crippen molar-refractivity contribution in [2.75, 3.05) is 26.3 Å². The smallest absolute Gasteiger partial charge is 0.336 e. The predicted molar refractivity (Wildman–Crippen MR) is 107 cm³/mol. The Morgan fingerprint density at radius 3 is 2.55 bits per heavy atom. The first-order valence-corrected chi connectivity index (χ1v) is 10.2. The van der Waals surface area contributed by atoms with Crippen LogP contribution in [0.4, 0.5) is 0 Å². The van der Waals surface area contributed by atoms with E-state index in [0.29, 0.717) is 56.9 Å². The Morgan fingerprint density at radius 2 is 1.90 bits per heavy atom.